The molecule has 0 N–H and O–H groups in total. The van der Waals surface area contributed by atoms with E-state index in [1.54, 1.807) is 11.3 Å². The van der Waals surface area contributed by atoms with Crippen LogP contribution >= 0.6 is 34.9 Å². The van der Waals surface area contributed by atoms with Crippen LogP contribution in [0.15, 0.2) is 34.4 Å². The summed E-state index contributed by atoms with van der Waals surface area (Å²) >= 11 is 4.56. The minimum absolute atomic E-state index is 0.0461. The molecule has 1 aromatic carbocycles. The van der Waals surface area contributed by atoms with Gasteiger partial charge in [0.25, 0.3) is 0 Å². The highest BCUT2D eigenvalue weighted by molar-refractivity contribution is 8.00. The number of carbonyl (C=O) groups is 1. The Morgan fingerprint density at radius 2 is 2.04 bits per heavy atom. The average Bonchev–Trinajstić information content (AvgIpc) is 3.02. The average molecular weight is 435 g/mol. The summed E-state index contributed by atoms with van der Waals surface area (Å²) in [4.78, 5) is 24.0. The number of thioether (sulfide) groups is 2. The first-order valence-electron chi connectivity index (χ1n) is 8.78. The smallest absolute Gasteiger partial charge is 0.189 e. The molecule has 3 aromatic rings. The van der Waals surface area contributed by atoms with Crippen molar-refractivity contribution in [2.75, 3.05) is 12.0 Å². The molecule has 4 rings (SSSR count). The van der Waals surface area contributed by atoms with Crippen LogP contribution in [0.5, 0.6) is 0 Å². The second kappa shape index (κ2) is 7.74. The molecular formula is C20H19FN2O2S3. The van der Waals surface area contributed by atoms with Gasteiger partial charge in [-0.2, -0.15) is 0 Å². The topological polar surface area (TPSA) is 52.1 Å². The molecule has 1 aliphatic rings. The molecule has 1 aliphatic heterocycles. The van der Waals surface area contributed by atoms with Crippen LogP contribution in [0, 0.1) is 5.82 Å². The summed E-state index contributed by atoms with van der Waals surface area (Å²) in [5.74, 6) is -0.146. The fraction of sp³-hybridized carbons (Fsp3) is 0.350. The lowest BCUT2D eigenvalue weighted by atomic mass is 9.95. The first-order valence-corrected chi connectivity index (χ1v) is 11.8. The molecule has 0 bridgehead atoms. The van der Waals surface area contributed by atoms with Crippen molar-refractivity contribution in [2.24, 2.45) is 0 Å². The first-order chi connectivity index (χ1) is 13.4. The molecule has 0 fully saturated rings. The zero-order chi connectivity index (χ0) is 19.9. The molecule has 0 amide bonds. The number of ether oxygens (including phenoxy) is 1. The number of fused-ring (bicyclic) bond motifs is 3. The molecule has 0 atom stereocenters. The summed E-state index contributed by atoms with van der Waals surface area (Å²) in [6.45, 7) is 4.75. The predicted octanol–water partition coefficient (Wildman–Crippen LogP) is 5.38. The maximum absolute atomic E-state index is 13.1. The van der Waals surface area contributed by atoms with E-state index in [1.807, 2.05) is 6.26 Å². The Bertz CT molecular complexity index is 1050. The van der Waals surface area contributed by atoms with E-state index in [1.165, 1.54) is 58.2 Å². The van der Waals surface area contributed by atoms with Crippen LogP contribution in [-0.2, 0) is 17.8 Å². The summed E-state index contributed by atoms with van der Waals surface area (Å²) in [5.41, 5.74) is 1.51. The van der Waals surface area contributed by atoms with E-state index >= 15 is 0 Å². The number of rotatable bonds is 5. The number of ketones is 1. The Labute approximate surface area is 175 Å². The molecule has 146 valence electrons. The number of thiophene rings is 1. The third kappa shape index (κ3) is 3.96. The summed E-state index contributed by atoms with van der Waals surface area (Å²) in [7, 11) is 0. The largest absolute Gasteiger partial charge is 0.370 e. The number of nitrogens with zero attached hydrogens (tertiary/aromatic N) is 2. The Morgan fingerprint density at radius 1 is 1.29 bits per heavy atom. The van der Waals surface area contributed by atoms with Gasteiger partial charge >= 0.3 is 0 Å². The molecule has 0 aliphatic carbocycles. The van der Waals surface area contributed by atoms with Crippen molar-refractivity contribution in [3.05, 3.63) is 46.1 Å². The number of hydrogen-bond acceptors (Lipinski definition) is 7. The standard InChI is InChI=1S/C20H19FN2O2S3/c1-20(2)8-13-15(9-25-20)28-18-16(13)17(22-19(23-18)26-3)27-10-14(24)11-4-6-12(21)7-5-11/h4-7H,8-10H2,1-3H3. The van der Waals surface area contributed by atoms with Gasteiger partial charge in [0.15, 0.2) is 10.9 Å². The van der Waals surface area contributed by atoms with Gasteiger partial charge in [0, 0.05) is 22.2 Å². The van der Waals surface area contributed by atoms with Gasteiger partial charge < -0.3 is 4.74 Å². The molecule has 0 unspecified atom stereocenters. The molecule has 0 spiro atoms. The second-order valence-corrected chi connectivity index (χ2v) is 9.96. The maximum atomic E-state index is 13.1. The van der Waals surface area contributed by atoms with Crippen LogP contribution in [-0.4, -0.2) is 33.4 Å². The van der Waals surface area contributed by atoms with Crippen molar-refractivity contribution < 1.29 is 13.9 Å². The molecular weight excluding hydrogens is 415 g/mol. The van der Waals surface area contributed by atoms with E-state index in [-0.39, 0.29) is 23.0 Å². The quantitative estimate of drug-likeness (QED) is 0.233. The number of hydrogen-bond donors (Lipinski definition) is 0. The highest BCUT2D eigenvalue weighted by Crippen LogP contribution is 2.42. The summed E-state index contributed by atoms with van der Waals surface area (Å²) < 4.78 is 19.1. The van der Waals surface area contributed by atoms with Gasteiger partial charge in [-0.15, -0.1) is 11.3 Å². The number of Topliss-reactive ketones (excluding diaryl/α,β-unsaturated/α-hetero) is 1. The van der Waals surface area contributed by atoms with Crippen molar-refractivity contribution in [2.45, 2.75) is 42.7 Å². The number of aromatic nitrogens is 2. The molecule has 2 aromatic heterocycles. The Balaban J connectivity index is 1.68. The zero-order valence-electron chi connectivity index (χ0n) is 15.7. The van der Waals surface area contributed by atoms with E-state index in [0.29, 0.717) is 17.3 Å². The van der Waals surface area contributed by atoms with Gasteiger partial charge in [0.1, 0.15) is 15.7 Å². The van der Waals surface area contributed by atoms with Crippen LogP contribution < -0.4 is 0 Å². The van der Waals surface area contributed by atoms with Crippen molar-refractivity contribution >= 4 is 50.9 Å². The van der Waals surface area contributed by atoms with Crippen molar-refractivity contribution in [1.29, 1.82) is 0 Å². The highest BCUT2D eigenvalue weighted by Gasteiger charge is 2.31. The molecule has 4 nitrogen and oxygen atoms in total. The summed E-state index contributed by atoms with van der Waals surface area (Å²) in [6, 6.07) is 5.66. The van der Waals surface area contributed by atoms with Gasteiger partial charge in [0.2, 0.25) is 0 Å². The van der Waals surface area contributed by atoms with E-state index in [2.05, 4.69) is 18.8 Å². The van der Waals surface area contributed by atoms with E-state index in [0.717, 1.165) is 21.7 Å². The third-order valence-electron chi connectivity index (χ3n) is 4.57. The lowest BCUT2D eigenvalue weighted by Gasteiger charge is -2.30. The van der Waals surface area contributed by atoms with E-state index in [9.17, 15) is 9.18 Å². The van der Waals surface area contributed by atoms with Gasteiger partial charge in [-0.25, -0.2) is 14.4 Å². The van der Waals surface area contributed by atoms with Crippen molar-refractivity contribution in [3.8, 4) is 0 Å². The minimum atomic E-state index is -0.346. The number of carbonyl (C=O) groups excluding carboxylic acids is 1. The van der Waals surface area contributed by atoms with Gasteiger partial charge in [0.05, 0.1) is 18.0 Å². The third-order valence-corrected chi connectivity index (χ3v) is 7.19. The fourth-order valence-electron chi connectivity index (χ4n) is 3.14. The Hall–Kier alpha value is -1.48. The highest BCUT2D eigenvalue weighted by atomic mass is 32.2. The number of benzene rings is 1. The molecule has 0 saturated heterocycles. The molecule has 8 heteroatoms. The fourth-order valence-corrected chi connectivity index (χ4v) is 5.74. The van der Waals surface area contributed by atoms with Gasteiger partial charge in [-0.3, -0.25) is 4.79 Å². The van der Waals surface area contributed by atoms with E-state index in [4.69, 9.17) is 9.72 Å². The van der Waals surface area contributed by atoms with Gasteiger partial charge in [-0.05, 0) is 49.9 Å². The van der Waals surface area contributed by atoms with E-state index < -0.39 is 0 Å². The predicted molar refractivity (Wildman–Crippen MR) is 113 cm³/mol. The number of halogens is 1. The molecule has 3 heterocycles. The monoisotopic (exact) mass is 434 g/mol. The van der Waals surface area contributed by atoms with Gasteiger partial charge in [-0.1, -0.05) is 23.5 Å². The Morgan fingerprint density at radius 3 is 2.75 bits per heavy atom. The minimum Gasteiger partial charge on any atom is -0.370 e. The lowest BCUT2D eigenvalue weighted by Crippen LogP contribution is -2.31. The molecule has 28 heavy (non-hydrogen) atoms. The molecule has 0 radical (unpaired) electrons. The van der Waals surface area contributed by atoms with Crippen LogP contribution in [0.4, 0.5) is 4.39 Å². The lowest BCUT2D eigenvalue weighted by molar-refractivity contribution is -0.0379. The maximum Gasteiger partial charge on any atom is 0.189 e. The second-order valence-electron chi connectivity index (χ2n) is 7.14. The van der Waals surface area contributed by atoms with Crippen LogP contribution in [0.25, 0.3) is 10.2 Å². The van der Waals surface area contributed by atoms with Crippen LogP contribution in [0.2, 0.25) is 0 Å². The Kier molecular flexibility index (Phi) is 5.48. The molecule has 0 saturated carbocycles. The van der Waals surface area contributed by atoms with Crippen molar-refractivity contribution in [3.63, 3.8) is 0 Å². The summed E-state index contributed by atoms with van der Waals surface area (Å²) in [6.07, 6.45) is 2.74. The SMILES string of the molecule is CSc1nc(SCC(=O)c2ccc(F)cc2)c2c3c(sc2n1)COC(C)(C)C3. The first kappa shape index (κ1) is 19.8. The van der Waals surface area contributed by atoms with Crippen LogP contribution in [0.3, 0.4) is 0 Å². The van der Waals surface area contributed by atoms with Crippen LogP contribution in [0.1, 0.15) is 34.6 Å². The van der Waals surface area contributed by atoms with Crippen molar-refractivity contribution in [1.82, 2.24) is 9.97 Å². The summed E-state index contributed by atoms with van der Waals surface area (Å²) in [5, 5.41) is 2.58. The normalized spacial score (nSPS) is 15.6. The zero-order valence-corrected chi connectivity index (χ0v) is 18.2.